The monoisotopic (exact) mass is 359 g/mol. The Hall–Kier alpha value is -2.04. The molecule has 2 rings (SSSR count). The van der Waals surface area contributed by atoms with Crippen LogP contribution < -0.4 is 10.2 Å². The van der Waals surface area contributed by atoms with Crippen molar-refractivity contribution in [3.8, 4) is 0 Å². The second-order valence-corrected chi connectivity index (χ2v) is 7.49. The van der Waals surface area contributed by atoms with Gasteiger partial charge >= 0.3 is 0 Å². The minimum Gasteiger partial charge on any atom is -0.377 e. The molecule has 1 aromatic rings. The Morgan fingerprint density at radius 3 is 2.42 bits per heavy atom. The quantitative estimate of drug-likeness (QED) is 0.762. The average molecular weight is 360 g/mol. The second-order valence-electron chi connectivity index (χ2n) is 7.49. The van der Waals surface area contributed by atoms with Crippen LogP contribution in [0.1, 0.15) is 58.4 Å². The minimum absolute atomic E-state index is 0.114. The number of hydrogen-bond donors (Lipinski definition) is 1. The summed E-state index contributed by atoms with van der Waals surface area (Å²) in [5.74, 6) is 0.432. The summed E-state index contributed by atoms with van der Waals surface area (Å²) in [5.41, 5.74) is 2.95. The lowest BCUT2D eigenvalue weighted by Crippen LogP contribution is -2.37. The number of nitrogens with zero attached hydrogens (tertiary/aromatic N) is 2. The molecule has 5 nitrogen and oxygen atoms in total. The fourth-order valence-corrected chi connectivity index (χ4v) is 3.24. The lowest BCUT2D eigenvalue weighted by molar-refractivity contribution is -0.133. The van der Waals surface area contributed by atoms with Gasteiger partial charge in [-0.3, -0.25) is 9.59 Å². The maximum atomic E-state index is 12.4. The van der Waals surface area contributed by atoms with E-state index in [1.54, 1.807) is 0 Å². The van der Waals surface area contributed by atoms with Gasteiger partial charge in [0.25, 0.3) is 0 Å². The molecule has 26 heavy (non-hydrogen) atoms. The molecule has 1 unspecified atom stereocenters. The van der Waals surface area contributed by atoms with Gasteiger partial charge in [-0.1, -0.05) is 20.3 Å². The smallest absolute Gasteiger partial charge is 0.227 e. The van der Waals surface area contributed by atoms with Crippen molar-refractivity contribution in [3.63, 3.8) is 0 Å². The van der Waals surface area contributed by atoms with Crippen LogP contribution in [0.15, 0.2) is 18.2 Å². The van der Waals surface area contributed by atoms with Gasteiger partial charge in [-0.25, -0.2) is 0 Å². The third kappa shape index (κ3) is 4.77. The largest absolute Gasteiger partial charge is 0.377 e. The van der Waals surface area contributed by atoms with Gasteiger partial charge in [-0.2, -0.15) is 0 Å². The zero-order valence-electron chi connectivity index (χ0n) is 16.8. The summed E-state index contributed by atoms with van der Waals surface area (Å²) < 4.78 is 0. The normalized spacial score (nSPS) is 15.1. The molecule has 0 radical (unpaired) electrons. The molecule has 0 heterocycles. The molecular weight excluding hydrogens is 326 g/mol. The minimum atomic E-state index is 0.114. The fourth-order valence-electron chi connectivity index (χ4n) is 3.24. The zero-order chi connectivity index (χ0) is 19.3. The molecule has 1 atom stereocenters. The highest BCUT2D eigenvalue weighted by molar-refractivity contribution is 5.93. The van der Waals surface area contributed by atoms with E-state index in [2.05, 4.69) is 24.1 Å². The maximum Gasteiger partial charge on any atom is 0.227 e. The van der Waals surface area contributed by atoms with Gasteiger partial charge in [0.1, 0.15) is 0 Å². The number of anilines is 2. The molecule has 144 valence electrons. The number of carbonyl (C=O) groups excluding carboxylic acids is 2. The van der Waals surface area contributed by atoms with Crippen LogP contribution in [0.5, 0.6) is 0 Å². The molecule has 0 spiro atoms. The van der Waals surface area contributed by atoms with Crippen LogP contribution in [0.2, 0.25) is 0 Å². The standard InChI is InChI=1S/C21H33N3O2/c1-6-15(3)24(20(25)7-2)14-17-13-18(11-12-19(17)23(4)5)22-21(26)16-9-8-10-16/h11-13,15-16H,6-10,14H2,1-5H3,(H,22,26). The molecule has 1 aliphatic carbocycles. The molecule has 5 heteroatoms. The van der Waals surface area contributed by atoms with Gasteiger partial charge in [-0.05, 0) is 49.9 Å². The summed E-state index contributed by atoms with van der Waals surface area (Å²) in [6.07, 6.45) is 4.54. The van der Waals surface area contributed by atoms with E-state index >= 15 is 0 Å². The van der Waals surface area contributed by atoms with E-state index in [1.807, 2.05) is 44.1 Å². The first-order chi connectivity index (χ1) is 12.4. The summed E-state index contributed by atoms with van der Waals surface area (Å²) in [6, 6.07) is 6.18. The predicted molar refractivity (Wildman–Crippen MR) is 107 cm³/mol. The average Bonchev–Trinajstić information content (AvgIpc) is 2.56. The molecule has 2 amide bonds. The summed E-state index contributed by atoms with van der Waals surface area (Å²) in [4.78, 5) is 28.7. The molecule has 0 aliphatic heterocycles. The zero-order valence-corrected chi connectivity index (χ0v) is 16.8. The van der Waals surface area contributed by atoms with Crippen LogP contribution in [-0.4, -0.2) is 36.9 Å². The molecule has 0 bridgehead atoms. The van der Waals surface area contributed by atoms with Gasteiger partial charge in [0, 0.05) is 50.4 Å². The van der Waals surface area contributed by atoms with Crippen LogP contribution in [0, 0.1) is 5.92 Å². The van der Waals surface area contributed by atoms with E-state index in [4.69, 9.17) is 0 Å². The lowest BCUT2D eigenvalue weighted by Gasteiger charge is -2.30. The topological polar surface area (TPSA) is 52.7 Å². The number of nitrogens with one attached hydrogen (secondary N) is 1. The van der Waals surface area contributed by atoms with Crippen molar-refractivity contribution in [2.24, 2.45) is 5.92 Å². The fraction of sp³-hybridized carbons (Fsp3) is 0.619. The molecule has 1 N–H and O–H groups in total. The number of benzene rings is 1. The molecule has 1 saturated carbocycles. The van der Waals surface area contributed by atoms with Crippen LogP contribution >= 0.6 is 0 Å². The molecule has 0 saturated heterocycles. The Bertz CT molecular complexity index is 638. The van der Waals surface area contributed by atoms with E-state index in [-0.39, 0.29) is 23.8 Å². The van der Waals surface area contributed by atoms with Crippen molar-refractivity contribution in [1.29, 1.82) is 0 Å². The molecular formula is C21H33N3O2. The lowest BCUT2D eigenvalue weighted by atomic mass is 9.85. The number of rotatable bonds is 8. The van der Waals surface area contributed by atoms with Gasteiger partial charge in [0.15, 0.2) is 0 Å². The molecule has 1 aromatic carbocycles. The second kappa shape index (κ2) is 9.06. The van der Waals surface area contributed by atoms with Crippen LogP contribution in [-0.2, 0) is 16.1 Å². The van der Waals surface area contributed by atoms with E-state index in [1.165, 1.54) is 0 Å². The SMILES string of the molecule is CCC(=O)N(Cc1cc(NC(=O)C2CCC2)ccc1N(C)C)C(C)CC. The Labute approximate surface area is 157 Å². The summed E-state index contributed by atoms with van der Waals surface area (Å²) >= 11 is 0. The molecule has 1 fully saturated rings. The van der Waals surface area contributed by atoms with Crippen LogP contribution in [0.25, 0.3) is 0 Å². The summed E-state index contributed by atoms with van der Waals surface area (Å²) in [7, 11) is 4.00. The molecule has 1 aliphatic rings. The van der Waals surface area contributed by atoms with Crippen molar-refractivity contribution < 1.29 is 9.59 Å². The third-order valence-electron chi connectivity index (χ3n) is 5.39. The summed E-state index contributed by atoms with van der Waals surface area (Å²) in [6.45, 7) is 6.65. The summed E-state index contributed by atoms with van der Waals surface area (Å²) in [5, 5.41) is 3.05. The van der Waals surface area contributed by atoms with Crippen molar-refractivity contribution in [2.75, 3.05) is 24.3 Å². The Balaban J connectivity index is 2.26. The van der Waals surface area contributed by atoms with E-state index < -0.39 is 0 Å². The highest BCUT2D eigenvalue weighted by Gasteiger charge is 2.25. The predicted octanol–water partition coefficient (Wildman–Crippen LogP) is 4.03. The first kappa shape index (κ1) is 20.3. The highest BCUT2D eigenvalue weighted by Crippen LogP contribution is 2.29. The van der Waals surface area contributed by atoms with Crippen molar-refractivity contribution >= 4 is 23.2 Å². The third-order valence-corrected chi connectivity index (χ3v) is 5.39. The first-order valence-electron chi connectivity index (χ1n) is 9.77. The van der Waals surface area contributed by atoms with Gasteiger partial charge in [-0.15, -0.1) is 0 Å². The van der Waals surface area contributed by atoms with Crippen molar-refractivity contribution in [2.45, 2.75) is 65.5 Å². The Morgan fingerprint density at radius 1 is 1.23 bits per heavy atom. The van der Waals surface area contributed by atoms with E-state index in [0.717, 1.165) is 42.6 Å². The highest BCUT2D eigenvalue weighted by atomic mass is 16.2. The molecule has 0 aromatic heterocycles. The number of amides is 2. The van der Waals surface area contributed by atoms with Crippen LogP contribution in [0.3, 0.4) is 0 Å². The number of hydrogen-bond acceptors (Lipinski definition) is 3. The van der Waals surface area contributed by atoms with Crippen molar-refractivity contribution in [3.05, 3.63) is 23.8 Å². The maximum absolute atomic E-state index is 12.4. The van der Waals surface area contributed by atoms with Crippen molar-refractivity contribution in [1.82, 2.24) is 4.90 Å². The Morgan fingerprint density at radius 2 is 1.92 bits per heavy atom. The van der Waals surface area contributed by atoms with Gasteiger partial charge in [0.05, 0.1) is 0 Å². The van der Waals surface area contributed by atoms with Crippen LogP contribution in [0.4, 0.5) is 11.4 Å². The van der Waals surface area contributed by atoms with Gasteiger partial charge < -0.3 is 15.1 Å². The first-order valence-corrected chi connectivity index (χ1v) is 9.77. The van der Waals surface area contributed by atoms with E-state index in [9.17, 15) is 9.59 Å². The number of carbonyl (C=O) groups is 2. The Kier molecular flexibility index (Phi) is 7.06. The van der Waals surface area contributed by atoms with Gasteiger partial charge in [0.2, 0.25) is 11.8 Å². The van der Waals surface area contributed by atoms with E-state index in [0.29, 0.717) is 13.0 Å².